The number of furan rings is 1. The fourth-order valence-corrected chi connectivity index (χ4v) is 3.67. The number of likely N-dealkylation sites (tertiary alicyclic amines) is 1. The number of hydrogen-bond donors (Lipinski definition) is 1. The van der Waals surface area contributed by atoms with Crippen molar-refractivity contribution in [3.05, 3.63) is 17.9 Å². The second kappa shape index (κ2) is 4.73. The second-order valence-corrected chi connectivity index (χ2v) is 6.75. The molecular formula is C12H16N2O4S. The number of carbonyl (C=O) groups excluding carboxylic acids is 1. The minimum absolute atomic E-state index is 0.0198. The molecule has 2 heterocycles. The first-order chi connectivity index (χ1) is 9.08. The molecule has 0 bridgehead atoms. The van der Waals surface area contributed by atoms with Crippen molar-refractivity contribution in [3.8, 4) is 0 Å². The maximum absolute atomic E-state index is 12.1. The maximum atomic E-state index is 12.1. The van der Waals surface area contributed by atoms with Gasteiger partial charge < -0.3 is 4.42 Å². The van der Waals surface area contributed by atoms with Crippen LogP contribution in [0.25, 0.3) is 0 Å². The molecule has 1 saturated carbocycles. The molecule has 1 unspecified atom stereocenters. The van der Waals surface area contributed by atoms with Gasteiger partial charge in [0.25, 0.3) is 10.0 Å². The lowest BCUT2D eigenvalue weighted by atomic mass is 10.3. The predicted molar refractivity (Wildman–Crippen MR) is 67.4 cm³/mol. The summed E-state index contributed by atoms with van der Waals surface area (Å²) in [6, 6.07) is 3.24. The van der Waals surface area contributed by atoms with Crippen molar-refractivity contribution in [1.29, 1.82) is 0 Å². The zero-order chi connectivity index (χ0) is 13.5. The van der Waals surface area contributed by atoms with E-state index in [-0.39, 0.29) is 16.9 Å². The van der Waals surface area contributed by atoms with Crippen molar-refractivity contribution < 1.29 is 17.6 Å². The summed E-state index contributed by atoms with van der Waals surface area (Å²) >= 11 is 0. The average molecular weight is 284 g/mol. The molecular weight excluding hydrogens is 268 g/mol. The zero-order valence-electron chi connectivity index (χ0n) is 10.4. The predicted octanol–water partition coefficient (Wildman–Crippen LogP) is 0.607. The Kier molecular flexibility index (Phi) is 3.20. The first-order valence-corrected chi connectivity index (χ1v) is 7.88. The van der Waals surface area contributed by atoms with E-state index in [1.807, 2.05) is 0 Å². The van der Waals surface area contributed by atoms with Crippen molar-refractivity contribution in [1.82, 2.24) is 9.62 Å². The largest absolute Gasteiger partial charge is 0.440 e. The first-order valence-electron chi connectivity index (χ1n) is 6.40. The Morgan fingerprint density at radius 2 is 2.11 bits per heavy atom. The molecule has 19 heavy (non-hydrogen) atoms. The van der Waals surface area contributed by atoms with Crippen molar-refractivity contribution >= 4 is 16.3 Å². The van der Waals surface area contributed by atoms with Crippen LogP contribution in [0.3, 0.4) is 0 Å². The summed E-state index contributed by atoms with van der Waals surface area (Å²) in [6.07, 6.45) is 3.75. The summed E-state index contributed by atoms with van der Waals surface area (Å²) in [7, 11) is -3.66. The summed E-state index contributed by atoms with van der Waals surface area (Å²) in [5, 5.41) is -0.195. The van der Waals surface area contributed by atoms with Crippen LogP contribution in [0.15, 0.2) is 21.6 Å². The molecule has 1 aromatic rings. The van der Waals surface area contributed by atoms with Crippen LogP contribution in [0.1, 0.15) is 29.8 Å². The molecule has 1 aliphatic heterocycles. The van der Waals surface area contributed by atoms with Gasteiger partial charge in [-0.05, 0) is 31.4 Å². The summed E-state index contributed by atoms with van der Waals surface area (Å²) in [5.74, 6) is 0.0198. The molecule has 6 nitrogen and oxygen atoms in total. The van der Waals surface area contributed by atoms with E-state index in [2.05, 4.69) is 9.62 Å². The van der Waals surface area contributed by atoms with Crippen LogP contribution in [0.2, 0.25) is 0 Å². The van der Waals surface area contributed by atoms with Gasteiger partial charge in [-0.3, -0.25) is 9.69 Å². The topological polar surface area (TPSA) is 79.6 Å². The highest BCUT2D eigenvalue weighted by molar-refractivity contribution is 7.89. The monoisotopic (exact) mass is 284 g/mol. The number of nitrogens with zero attached hydrogens (tertiary/aromatic N) is 1. The smallest absolute Gasteiger partial charge is 0.274 e. The molecule has 7 heteroatoms. The third-order valence-electron chi connectivity index (χ3n) is 3.59. The Morgan fingerprint density at radius 1 is 1.32 bits per heavy atom. The number of hydrogen-bond acceptors (Lipinski definition) is 5. The molecule has 0 spiro atoms. The number of carbonyl (C=O) groups is 1. The van der Waals surface area contributed by atoms with Gasteiger partial charge in [-0.1, -0.05) is 0 Å². The number of rotatable bonds is 5. The summed E-state index contributed by atoms with van der Waals surface area (Å²) in [6.45, 7) is 1.70. The Labute approximate surface area is 111 Å². The Hall–Kier alpha value is -1.18. The standard InChI is InChI=1S/C12H16N2O4S/c15-8-11-3-4-12(18-11)19(16,17)13-9-5-6-14(7-9)10-1-2-10/h3-4,8-10,13H,1-2,5-7H2. The van der Waals surface area contributed by atoms with Gasteiger partial charge in [0, 0.05) is 25.2 Å². The number of nitrogens with one attached hydrogen (secondary N) is 1. The van der Waals surface area contributed by atoms with Gasteiger partial charge in [-0.25, -0.2) is 13.1 Å². The van der Waals surface area contributed by atoms with Crippen LogP contribution < -0.4 is 4.72 Å². The summed E-state index contributed by atoms with van der Waals surface area (Å²) in [5.41, 5.74) is 0. The van der Waals surface area contributed by atoms with Gasteiger partial charge in [0.2, 0.25) is 5.09 Å². The van der Waals surface area contributed by atoms with Gasteiger partial charge in [0.05, 0.1) is 0 Å². The lowest BCUT2D eigenvalue weighted by Gasteiger charge is -2.15. The highest BCUT2D eigenvalue weighted by Crippen LogP contribution is 2.30. The van der Waals surface area contributed by atoms with Crippen LogP contribution in [0.4, 0.5) is 0 Å². The fraction of sp³-hybridized carbons (Fsp3) is 0.583. The third kappa shape index (κ3) is 2.72. The Balaban J connectivity index is 1.66. The fourth-order valence-electron chi connectivity index (χ4n) is 2.47. The van der Waals surface area contributed by atoms with E-state index < -0.39 is 10.0 Å². The number of aldehydes is 1. The van der Waals surface area contributed by atoms with E-state index in [0.717, 1.165) is 19.5 Å². The normalized spacial score (nSPS) is 24.7. The first kappa shape index (κ1) is 12.8. The van der Waals surface area contributed by atoms with Crippen molar-refractivity contribution in [2.24, 2.45) is 0 Å². The minimum Gasteiger partial charge on any atom is -0.440 e. The SMILES string of the molecule is O=Cc1ccc(S(=O)(=O)NC2CCN(C3CC3)C2)o1. The molecule has 2 fully saturated rings. The lowest BCUT2D eigenvalue weighted by Crippen LogP contribution is -2.37. The average Bonchev–Trinajstić information content (AvgIpc) is 2.92. The van der Waals surface area contributed by atoms with Crippen LogP contribution in [0, 0.1) is 0 Å². The van der Waals surface area contributed by atoms with E-state index in [1.165, 1.54) is 25.0 Å². The molecule has 104 valence electrons. The van der Waals surface area contributed by atoms with E-state index in [9.17, 15) is 13.2 Å². The quantitative estimate of drug-likeness (QED) is 0.801. The molecule has 1 atom stereocenters. The van der Waals surface area contributed by atoms with Gasteiger partial charge >= 0.3 is 0 Å². The molecule has 1 saturated heterocycles. The van der Waals surface area contributed by atoms with Crippen molar-refractivity contribution in [2.75, 3.05) is 13.1 Å². The Morgan fingerprint density at radius 3 is 2.74 bits per heavy atom. The molecule has 2 aliphatic rings. The van der Waals surface area contributed by atoms with Gasteiger partial charge in [0.1, 0.15) is 0 Å². The molecule has 1 aliphatic carbocycles. The van der Waals surface area contributed by atoms with E-state index in [1.54, 1.807) is 0 Å². The molecule has 1 aromatic heterocycles. The van der Waals surface area contributed by atoms with Crippen LogP contribution in [-0.4, -0.2) is 44.8 Å². The van der Waals surface area contributed by atoms with Crippen molar-refractivity contribution in [2.45, 2.75) is 36.4 Å². The summed E-state index contributed by atoms with van der Waals surface area (Å²) < 4.78 is 31.7. The van der Waals surface area contributed by atoms with E-state index in [0.29, 0.717) is 12.3 Å². The molecule has 1 N–H and O–H groups in total. The van der Waals surface area contributed by atoms with Crippen LogP contribution in [0.5, 0.6) is 0 Å². The molecule has 0 radical (unpaired) electrons. The number of sulfonamides is 1. The van der Waals surface area contributed by atoms with E-state index in [4.69, 9.17) is 4.42 Å². The summed E-state index contributed by atoms with van der Waals surface area (Å²) in [4.78, 5) is 12.8. The van der Waals surface area contributed by atoms with E-state index >= 15 is 0 Å². The van der Waals surface area contributed by atoms with Crippen molar-refractivity contribution in [3.63, 3.8) is 0 Å². The minimum atomic E-state index is -3.66. The van der Waals surface area contributed by atoms with Gasteiger partial charge in [-0.2, -0.15) is 0 Å². The Bertz CT molecular complexity index is 576. The molecule has 3 rings (SSSR count). The maximum Gasteiger partial charge on any atom is 0.274 e. The second-order valence-electron chi connectivity index (χ2n) is 5.11. The van der Waals surface area contributed by atoms with Gasteiger partial charge in [-0.15, -0.1) is 0 Å². The van der Waals surface area contributed by atoms with Crippen LogP contribution >= 0.6 is 0 Å². The zero-order valence-corrected chi connectivity index (χ0v) is 11.2. The lowest BCUT2D eigenvalue weighted by molar-refractivity contribution is 0.109. The van der Waals surface area contributed by atoms with Gasteiger partial charge in [0.15, 0.2) is 12.0 Å². The molecule has 0 aromatic carbocycles. The van der Waals surface area contributed by atoms with Crippen LogP contribution in [-0.2, 0) is 10.0 Å². The molecule has 0 amide bonds. The third-order valence-corrected chi connectivity index (χ3v) is 4.98. The highest BCUT2D eigenvalue weighted by Gasteiger charge is 2.36. The highest BCUT2D eigenvalue weighted by atomic mass is 32.2.